The Labute approximate surface area is 119 Å². The zero-order valence-corrected chi connectivity index (χ0v) is 12.4. The van der Waals surface area contributed by atoms with Gasteiger partial charge in [0, 0.05) is 18.8 Å². The van der Waals surface area contributed by atoms with Crippen molar-refractivity contribution >= 4 is 21.6 Å². The van der Waals surface area contributed by atoms with E-state index in [0.29, 0.717) is 6.54 Å². The third kappa shape index (κ3) is 3.89. The first kappa shape index (κ1) is 14.7. The number of aromatic nitrogens is 1. The number of nitrogens with one attached hydrogen (secondary N) is 1. The summed E-state index contributed by atoms with van der Waals surface area (Å²) in [6, 6.07) is 2.99. The van der Waals surface area contributed by atoms with Crippen LogP contribution in [0.1, 0.15) is 19.8 Å². The highest BCUT2D eigenvalue weighted by Gasteiger charge is 2.21. The number of pyridine rings is 1. The second kappa shape index (κ2) is 6.17. The van der Waals surface area contributed by atoms with Crippen molar-refractivity contribution in [1.29, 1.82) is 0 Å². The van der Waals surface area contributed by atoms with Gasteiger partial charge in [-0.05, 0) is 45.0 Å². The van der Waals surface area contributed by atoms with E-state index in [1.54, 1.807) is 0 Å². The molecule has 0 aromatic carbocycles. The van der Waals surface area contributed by atoms with Crippen molar-refractivity contribution in [1.82, 2.24) is 14.6 Å². The number of hydrogen-bond donors (Lipinski definition) is 1. The molecule has 0 amide bonds. The molecular formula is C12H18ClN3O2S. The highest BCUT2D eigenvalue weighted by molar-refractivity contribution is 7.89. The van der Waals surface area contributed by atoms with E-state index in [2.05, 4.69) is 14.6 Å². The molecule has 1 unspecified atom stereocenters. The maximum atomic E-state index is 12.1. The number of likely N-dealkylation sites (tertiary alicyclic amines) is 1. The first-order valence-electron chi connectivity index (χ1n) is 6.34. The molecule has 1 atom stereocenters. The summed E-state index contributed by atoms with van der Waals surface area (Å²) in [5.41, 5.74) is 0. The van der Waals surface area contributed by atoms with Crippen LogP contribution in [-0.4, -0.2) is 44.0 Å². The van der Waals surface area contributed by atoms with Crippen molar-refractivity contribution in [3.63, 3.8) is 0 Å². The number of rotatable bonds is 5. The molecule has 2 heterocycles. The van der Waals surface area contributed by atoms with E-state index in [1.807, 2.05) is 6.92 Å². The lowest BCUT2D eigenvalue weighted by Gasteiger charge is -2.23. The van der Waals surface area contributed by atoms with E-state index in [4.69, 9.17) is 11.6 Å². The highest BCUT2D eigenvalue weighted by atomic mass is 35.5. The Balaban J connectivity index is 1.97. The Bertz CT molecular complexity index is 530. The second-order valence-electron chi connectivity index (χ2n) is 4.76. The number of halogens is 1. The van der Waals surface area contributed by atoms with Crippen molar-refractivity contribution in [2.75, 3.05) is 19.6 Å². The molecule has 1 aliphatic heterocycles. The van der Waals surface area contributed by atoms with Gasteiger partial charge in [0.1, 0.15) is 5.15 Å². The molecule has 1 N–H and O–H groups in total. The molecule has 0 aliphatic carbocycles. The molecule has 1 saturated heterocycles. The van der Waals surface area contributed by atoms with Crippen molar-refractivity contribution in [2.45, 2.75) is 30.7 Å². The van der Waals surface area contributed by atoms with Crippen molar-refractivity contribution in [3.8, 4) is 0 Å². The molecule has 1 fully saturated rings. The molecular weight excluding hydrogens is 286 g/mol. The van der Waals surface area contributed by atoms with Crippen LogP contribution in [0.3, 0.4) is 0 Å². The Morgan fingerprint density at radius 3 is 2.79 bits per heavy atom. The van der Waals surface area contributed by atoms with Crippen molar-refractivity contribution < 1.29 is 8.42 Å². The van der Waals surface area contributed by atoms with Crippen LogP contribution in [0.25, 0.3) is 0 Å². The second-order valence-corrected chi connectivity index (χ2v) is 6.91. The van der Waals surface area contributed by atoms with Gasteiger partial charge in [0.2, 0.25) is 10.0 Å². The summed E-state index contributed by atoms with van der Waals surface area (Å²) < 4.78 is 26.8. The van der Waals surface area contributed by atoms with Gasteiger partial charge in [-0.2, -0.15) is 0 Å². The Hall–Kier alpha value is -0.690. The molecule has 1 aromatic rings. The van der Waals surface area contributed by atoms with E-state index >= 15 is 0 Å². The first-order valence-corrected chi connectivity index (χ1v) is 8.20. The summed E-state index contributed by atoms with van der Waals surface area (Å²) in [5, 5.41) is 0.176. The molecule has 2 rings (SSSR count). The van der Waals surface area contributed by atoms with Crippen LogP contribution in [0, 0.1) is 0 Å². The summed E-state index contributed by atoms with van der Waals surface area (Å²) in [6.07, 6.45) is 3.77. The average molecular weight is 304 g/mol. The minimum atomic E-state index is -3.51. The van der Waals surface area contributed by atoms with Gasteiger partial charge in [-0.15, -0.1) is 0 Å². The zero-order chi connectivity index (χ0) is 13.9. The SMILES string of the molecule is CC(CNS(=O)(=O)c1ccnc(Cl)c1)N1CCCC1. The molecule has 0 spiro atoms. The molecule has 0 bridgehead atoms. The quantitative estimate of drug-likeness (QED) is 0.837. The van der Waals surface area contributed by atoms with E-state index in [0.717, 1.165) is 13.1 Å². The minimum absolute atomic E-state index is 0.154. The van der Waals surface area contributed by atoms with Gasteiger partial charge in [0.15, 0.2) is 0 Å². The lowest BCUT2D eigenvalue weighted by Crippen LogP contribution is -2.40. The van der Waals surface area contributed by atoms with Crippen LogP contribution in [0.15, 0.2) is 23.2 Å². The van der Waals surface area contributed by atoms with Gasteiger partial charge in [-0.3, -0.25) is 4.90 Å². The smallest absolute Gasteiger partial charge is 0.240 e. The molecule has 7 heteroatoms. The Kier molecular flexibility index (Phi) is 4.78. The Morgan fingerprint density at radius 2 is 2.16 bits per heavy atom. The van der Waals surface area contributed by atoms with Crippen LogP contribution in [0.5, 0.6) is 0 Å². The summed E-state index contributed by atoms with van der Waals surface area (Å²) in [5.74, 6) is 0. The standard InChI is InChI=1S/C12H18ClN3O2S/c1-10(16-6-2-3-7-16)9-15-19(17,18)11-4-5-14-12(13)8-11/h4-5,8,10,15H,2-3,6-7,9H2,1H3. The molecule has 0 radical (unpaired) electrons. The lowest BCUT2D eigenvalue weighted by molar-refractivity contribution is 0.260. The first-order chi connectivity index (χ1) is 8.99. The fourth-order valence-corrected chi connectivity index (χ4v) is 3.55. The predicted molar refractivity (Wildman–Crippen MR) is 74.7 cm³/mol. The van der Waals surface area contributed by atoms with Gasteiger partial charge in [-0.25, -0.2) is 18.1 Å². The molecule has 0 saturated carbocycles. The average Bonchev–Trinajstić information content (AvgIpc) is 2.90. The molecule has 106 valence electrons. The van der Waals surface area contributed by atoms with Crippen LogP contribution < -0.4 is 4.72 Å². The summed E-state index contributed by atoms with van der Waals surface area (Å²) in [7, 11) is -3.51. The van der Waals surface area contributed by atoms with Crippen LogP contribution in [-0.2, 0) is 10.0 Å². The highest BCUT2D eigenvalue weighted by Crippen LogP contribution is 2.14. The van der Waals surface area contributed by atoms with E-state index in [9.17, 15) is 8.42 Å². The van der Waals surface area contributed by atoms with Gasteiger partial charge >= 0.3 is 0 Å². The summed E-state index contributed by atoms with van der Waals surface area (Å²) in [6.45, 7) is 4.53. The molecule has 1 aromatic heterocycles. The van der Waals surface area contributed by atoms with Crippen LogP contribution in [0.4, 0.5) is 0 Å². The van der Waals surface area contributed by atoms with Crippen molar-refractivity contribution in [3.05, 3.63) is 23.5 Å². The summed E-state index contributed by atoms with van der Waals surface area (Å²) >= 11 is 5.71. The fourth-order valence-electron chi connectivity index (χ4n) is 2.18. The lowest BCUT2D eigenvalue weighted by atomic mass is 10.3. The van der Waals surface area contributed by atoms with E-state index < -0.39 is 10.0 Å². The maximum absolute atomic E-state index is 12.1. The Morgan fingerprint density at radius 1 is 1.47 bits per heavy atom. The fraction of sp³-hybridized carbons (Fsp3) is 0.583. The van der Waals surface area contributed by atoms with Gasteiger partial charge in [-0.1, -0.05) is 11.6 Å². The topological polar surface area (TPSA) is 62.3 Å². The molecule has 19 heavy (non-hydrogen) atoms. The molecule has 1 aliphatic rings. The summed E-state index contributed by atoms with van der Waals surface area (Å²) in [4.78, 5) is 6.22. The monoisotopic (exact) mass is 303 g/mol. The van der Waals surface area contributed by atoms with Gasteiger partial charge < -0.3 is 0 Å². The van der Waals surface area contributed by atoms with Crippen LogP contribution >= 0.6 is 11.6 Å². The third-order valence-electron chi connectivity index (χ3n) is 3.34. The van der Waals surface area contributed by atoms with E-state index in [1.165, 1.54) is 31.2 Å². The van der Waals surface area contributed by atoms with Crippen LogP contribution in [0.2, 0.25) is 5.15 Å². The van der Waals surface area contributed by atoms with Gasteiger partial charge in [0.05, 0.1) is 4.90 Å². The number of sulfonamides is 1. The minimum Gasteiger partial charge on any atom is -0.299 e. The largest absolute Gasteiger partial charge is 0.299 e. The zero-order valence-electron chi connectivity index (χ0n) is 10.8. The maximum Gasteiger partial charge on any atom is 0.240 e. The van der Waals surface area contributed by atoms with Crippen molar-refractivity contribution in [2.24, 2.45) is 0 Å². The van der Waals surface area contributed by atoms with E-state index in [-0.39, 0.29) is 16.1 Å². The number of nitrogens with zero attached hydrogens (tertiary/aromatic N) is 2. The predicted octanol–water partition coefficient (Wildman–Crippen LogP) is 1.50. The van der Waals surface area contributed by atoms with Gasteiger partial charge in [0.25, 0.3) is 0 Å². The normalized spacial score (nSPS) is 18.6. The third-order valence-corrected chi connectivity index (χ3v) is 4.97. The molecule has 5 nitrogen and oxygen atoms in total. The number of hydrogen-bond acceptors (Lipinski definition) is 4.